The van der Waals surface area contributed by atoms with E-state index in [-0.39, 0.29) is 31.0 Å². The van der Waals surface area contributed by atoms with E-state index in [9.17, 15) is 18.4 Å². The predicted molar refractivity (Wildman–Crippen MR) is 83.7 cm³/mol. The third-order valence-corrected chi connectivity index (χ3v) is 4.53. The number of aryl methyl sites for hydroxylation is 2. The van der Waals surface area contributed by atoms with Crippen LogP contribution in [-0.4, -0.2) is 34.0 Å². The van der Waals surface area contributed by atoms with Gasteiger partial charge in [-0.05, 0) is 38.8 Å². The summed E-state index contributed by atoms with van der Waals surface area (Å²) in [6.07, 6.45) is 0.0707. The van der Waals surface area contributed by atoms with Crippen LogP contribution >= 0.6 is 0 Å². The summed E-state index contributed by atoms with van der Waals surface area (Å²) in [5.74, 6) is -2.85. The van der Waals surface area contributed by atoms with Crippen molar-refractivity contribution >= 4 is 6.03 Å². The monoisotopic (exact) mass is 327 g/mol. The minimum Gasteiger partial charge on any atom is -0.334 e. The summed E-state index contributed by atoms with van der Waals surface area (Å²) in [5.41, 5.74) is 1.90. The third kappa shape index (κ3) is 3.71. The van der Waals surface area contributed by atoms with Crippen LogP contribution in [0.15, 0.2) is 10.9 Å². The number of amides is 2. The Balaban J connectivity index is 2.11. The maximum atomic E-state index is 13.5. The molecular formula is C16H23F2N3O2. The van der Waals surface area contributed by atoms with Crippen LogP contribution in [0.25, 0.3) is 0 Å². The van der Waals surface area contributed by atoms with Crippen molar-refractivity contribution in [1.29, 1.82) is 0 Å². The topological polar surface area (TPSA) is 54.3 Å². The number of hydrogen-bond donors (Lipinski definition) is 1. The zero-order chi connectivity index (χ0) is 17.4. The first-order valence-electron chi connectivity index (χ1n) is 7.71. The number of carbonyl (C=O) groups excluding carboxylic acids is 1. The first kappa shape index (κ1) is 17.4. The van der Waals surface area contributed by atoms with Gasteiger partial charge in [0.05, 0.1) is 13.1 Å². The van der Waals surface area contributed by atoms with Gasteiger partial charge in [0, 0.05) is 30.8 Å². The molecule has 1 N–H and O–H groups in total. The molecular weight excluding hydrogens is 304 g/mol. The summed E-state index contributed by atoms with van der Waals surface area (Å²) >= 11 is 0. The molecule has 23 heavy (non-hydrogen) atoms. The van der Waals surface area contributed by atoms with Gasteiger partial charge >= 0.3 is 6.03 Å². The normalized spacial score (nSPS) is 20.4. The number of nitrogens with zero attached hydrogens (tertiary/aromatic N) is 2. The highest BCUT2D eigenvalue weighted by molar-refractivity contribution is 5.74. The summed E-state index contributed by atoms with van der Waals surface area (Å²) in [7, 11) is 1.66. The second-order valence-corrected chi connectivity index (χ2v) is 6.34. The Morgan fingerprint density at radius 1 is 1.43 bits per heavy atom. The zero-order valence-corrected chi connectivity index (χ0v) is 13.9. The summed E-state index contributed by atoms with van der Waals surface area (Å²) in [6.45, 7) is 4.84. The van der Waals surface area contributed by atoms with Gasteiger partial charge < -0.3 is 14.8 Å². The lowest BCUT2D eigenvalue weighted by molar-refractivity contribution is -0.0658. The highest BCUT2D eigenvalue weighted by Crippen LogP contribution is 2.29. The molecule has 2 rings (SSSR count). The smallest absolute Gasteiger partial charge is 0.318 e. The lowest BCUT2D eigenvalue weighted by Crippen LogP contribution is -2.53. The number of carbonyl (C=O) groups is 1. The molecule has 2 heterocycles. The van der Waals surface area contributed by atoms with Crippen molar-refractivity contribution in [3.05, 3.63) is 33.2 Å². The predicted octanol–water partition coefficient (Wildman–Crippen LogP) is 2.33. The van der Waals surface area contributed by atoms with Crippen LogP contribution < -0.4 is 10.9 Å². The van der Waals surface area contributed by atoms with E-state index in [1.165, 1.54) is 4.57 Å². The van der Waals surface area contributed by atoms with Crippen LogP contribution in [0, 0.1) is 13.8 Å². The van der Waals surface area contributed by atoms with E-state index in [0.717, 1.165) is 16.2 Å². The molecule has 1 atom stereocenters. The first-order chi connectivity index (χ1) is 10.6. The molecule has 0 aromatic carbocycles. The number of likely N-dealkylation sites (tertiary alicyclic amines) is 1. The molecule has 1 saturated heterocycles. The molecule has 1 aliphatic heterocycles. The number of aromatic nitrogens is 1. The molecule has 0 spiro atoms. The number of pyridine rings is 1. The Labute approximate surface area is 134 Å². The maximum absolute atomic E-state index is 13.5. The van der Waals surface area contributed by atoms with Crippen molar-refractivity contribution in [3.63, 3.8) is 0 Å². The number of hydrogen-bond acceptors (Lipinski definition) is 2. The van der Waals surface area contributed by atoms with Gasteiger partial charge in [-0.25, -0.2) is 13.6 Å². The fourth-order valence-corrected chi connectivity index (χ4v) is 2.84. The summed E-state index contributed by atoms with van der Waals surface area (Å²) < 4.78 is 28.5. The number of piperidine rings is 1. The largest absolute Gasteiger partial charge is 0.334 e. The van der Waals surface area contributed by atoms with Crippen LogP contribution in [0.2, 0.25) is 0 Å². The van der Waals surface area contributed by atoms with Gasteiger partial charge in [0.15, 0.2) is 0 Å². The van der Waals surface area contributed by atoms with Gasteiger partial charge in [-0.1, -0.05) is 0 Å². The van der Waals surface area contributed by atoms with Crippen LogP contribution in [-0.2, 0) is 13.6 Å². The molecule has 0 radical (unpaired) electrons. The highest BCUT2D eigenvalue weighted by atomic mass is 19.3. The molecule has 5 nitrogen and oxygen atoms in total. The van der Waals surface area contributed by atoms with Crippen molar-refractivity contribution in [1.82, 2.24) is 14.8 Å². The van der Waals surface area contributed by atoms with Crippen molar-refractivity contribution in [2.45, 2.75) is 52.1 Å². The number of rotatable bonds is 2. The second kappa shape index (κ2) is 6.29. The van der Waals surface area contributed by atoms with E-state index < -0.39 is 18.5 Å². The molecule has 0 bridgehead atoms. The molecule has 7 heteroatoms. The van der Waals surface area contributed by atoms with E-state index in [4.69, 9.17) is 0 Å². The molecule has 1 aromatic heterocycles. The van der Waals surface area contributed by atoms with Crippen LogP contribution in [0.4, 0.5) is 13.6 Å². The van der Waals surface area contributed by atoms with Crippen molar-refractivity contribution in [3.8, 4) is 0 Å². The molecule has 128 valence electrons. The van der Waals surface area contributed by atoms with Gasteiger partial charge in [0.25, 0.3) is 11.5 Å². The van der Waals surface area contributed by atoms with E-state index in [1.54, 1.807) is 20.9 Å². The highest BCUT2D eigenvalue weighted by Gasteiger charge is 2.40. The van der Waals surface area contributed by atoms with Crippen molar-refractivity contribution < 1.29 is 13.6 Å². The van der Waals surface area contributed by atoms with Crippen molar-refractivity contribution in [2.24, 2.45) is 7.05 Å². The van der Waals surface area contributed by atoms with E-state index in [1.807, 2.05) is 13.0 Å². The summed E-state index contributed by atoms with van der Waals surface area (Å²) in [6, 6.07) is 1.07. The molecule has 1 aromatic rings. The van der Waals surface area contributed by atoms with E-state index in [0.29, 0.717) is 5.56 Å². The fraction of sp³-hybridized carbons (Fsp3) is 0.625. The molecule has 1 aliphatic rings. The van der Waals surface area contributed by atoms with Gasteiger partial charge in [-0.15, -0.1) is 0 Å². The van der Waals surface area contributed by atoms with Crippen LogP contribution in [0.3, 0.4) is 0 Å². The second-order valence-electron chi connectivity index (χ2n) is 6.34. The number of halogens is 2. The Morgan fingerprint density at radius 3 is 2.74 bits per heavy atom. The van der Waals surface area contributed by atoms with Crippen LogP contribution in [0.5, 0.6) is 0 Å². The average Bonchev–Trinajstić information content (AvgIpc) is 2.47. The Hall–Kier alpha value is -1.92. The van der Waals surface area contributed by atoms with Gasteiger partial charge in [0.2, 0.25) is 0 Å². The molecule has 2 amide bonds. The average molecular weight is 327 g/mol. The molecule has 1 unspecified atom stereocenters. The molecule has 0 aliphatic carbocycles. The lowest BCUT2D eigenvalue weighted by atomic mass is 10.0. The first-order valence-corrected chi connectivity index (χ1v) is 7.71. The number of alkyl halides is 2. The Bertz CT molecular complexity index is 670. The van der Waals surface area contributed by atoms with Gasteiger partial charge in [-0.3, -0.25) is 4.79 Å². The van der Waals surface area contributed by atoms with Crippen LogP contribution in [0.1, 0.15) is 36.6 Å². The summed E-state index contributed by atoms with van der Waals surface area (Å²) in [4.78, 5) is 25.6. The third-order valence-electron chi connectivity index (χ3n) is 4.53. The minimum atomic E-state index is -2.85. The maximum Gasteiger partial charge on any atom is 0.318 e. The Kier molecular flexibility index (Phi) is 4.77. The fourth-order valence-electron chi connectivity index (χ4n) is 2.84. The number of nitrogens with one attached hydrogen (secondary N) is 1. The molecule has 0 saturated carbocycles. The quantitative estimate of drug-likeness (QED) is 0.906. The minimum absolute atomic E-state index is 0.0341. The zero-order valence-electron chi connectivity index (χ0n) is 13.9. The SMILES string of the molecule is Cc1cc(C)n(C)c(=O)c1CNC(=O)N1CC(F)(F)CCC1C. The number of urea groups is 1. The van der Waals surface area contributed by atoms with E-state index >= 15 is 0 Å². The van der Waals surface area contributed by atoms with Gasteiger partial charge in [0.1, 0.15) is 0 Å². The van der Waals surface area contributed by atoms with E-state index in [2.05, 4.69) is 5.32 Å². The molecule has 1 fully saturated rings. The standard InChI is InChI=1S/C16H23F2N3O2/c1-10-7-12(3)20(4)14(22)13(10)8-19-15(23)21-9-16(17,18)6-5-11(21)2/h7,11H,5-6,8-9H2,1-4H3,(H,19,23). The lowest BCUT2D eigenvalue weighted by Gasteiger charge is -2.37. The Morgan fingerprint density at radius 2 is 2.09 bits per heavy atom. The van der Waals surface area contributed by atoms with Crippen molar-refractivity contribution in [2.75, 3.05) is 6.54 Å². The van der Waals surface area contributed by atoms with Gasteiger partial charge in [-0.2, -0.15) is 0 Å². The summed E-state index contributed by atoms with van der Waals surface area (Å²) in [5, 5.41) is 2.61.